The van der Waals surface area contributed by atoms with Crippen LogP contribution in [0.2, 0.25) is 0 Å². The van der Waals surface area contributed by atoms with Crippen molar-refractivity contribution in [2.75, 3.05) is 5.32 Å². The van der Waals surface area contributed by atoms with Gasteiger partial charge in [-0.2, -0.15) is 0 Å². The monoisotopic (exact) mass is 246 g/mol. The standard InChI is InChI=1S/C12H14N4O2/c1-3-4-9-7-10(16-18-9)12(17)15-11-8(2)13-5-6-14-11/h5-7H,3-4H2,1-2H3,(H,14,15,17). The average Bonchev–Trinajstić information content (AvgIpc) is 2.81. The molecule has 0 unspecified atom stereocenters. The highest BCUT2D eigenvalue weighted by molar-refractivity contribution is 6.02. The van der Waals surface area contributed by atoms with Crippen LogP contribution in [0.5, 0.6) is 0 Å². The molecule has 0 aromatic carbocycles. The SMILES string of the molecule is CCCc1cc(C(=O)Nc2nccnc2C)no1. The number of nitrogens with one attached hydrogen (secondary N) is 1. The Morgan fingerprint density at radius 2 is 2.17 bits per heavy atom. The Bertz CT molecular complexity index is 551. The molecule has 1 amide bonds. The summed E-state index contributed by atoms with van der Waals surface area (Å²) in [7, 11) is 0. The number of aromatic nitrogens is 3. The molecule has 0 fully saturated rings. The number of nitrogens with zero attached hydrogens (tertiary/aromatic N) is 3. The predicted octanol–water partition coefficient (Wildman–Crippen LogP) is 1.98. The minimum absolute atomic E-state index is 0.253. The molecule has 0 aliphatic carbocycles. The second-order valence-corrected chi connectivity index (χ2v) is 3.87. The number of hydrogen-bond donors (Lipinski definition) is 1. The fourth-order valence-corrected chi connectivity index (χ4v) is 1.49. The Balaban J connectivity index is 2.10. The molecule has 0 atom stereocenters. The summed E-state index contributed by atoms with van der Waals surface area (Å²) in [6.45, 7) is 3.80. The molecule has 0 aliphatic heterocycles. The molecule has 0 spiro atoms. The molecular formula is C12H14N4O2. The molecular weight excluding hydrogens is 232 g/mol. The molecule has 94 valence electrons. The van der Waals surface area contributed by atoms with Crippen molar-refractivity contribution in [2.45, 2.75) is 26.7 Å². The third kappa shape index (κ3) is 2.71. The number of rotatable bonds is 4. The van der Waals surface area contributed by atoms with Gasteiger partial charge in [0.05, 0.1) is 5.69 Å². The number of aryl methyl sites for hydroxylation is 2. The summed E-state index contributed by atoms with van der Waals surface area (Å²) in [6, 6.07) is 1.64. The summed E-state index contributed by atoms with van der Waals surface area (Å²) in [5.74, 6) is 0.797. The van der Waals surface area contributed by atoms with Crippen molar-refractivity contribution >= 4 is 11.7 Å². The molecule has 0 saturated carbocycles. The van der Waals surface area contributed by atoms with Crippen LogP contribution in [0.4, 0.5) is 5.82 Å². The summed E-state index contributed by atoms with van der Waals surface area (Å²) in [5, 5.41) is 6.37. The van der Waals surface area contributed by atoms with E-state index in [2.05, 4.69) is 20.4 Å². The van der Waals surface area contributed by atoms with Crippen LogP contribution in [-0.2, 0) is 6.42 Å². The van der Waals surface area contributed by atoms with Gasteiger partial charge in [0.2, 0.25) is 0 Å². The van der Waals surface area contributed by atoms with E-state index in [4.69, 9.17) is 4.52 Å². The van der Waals surface area contributed by atoms with Gasteiger partial charge in [0.15, 0.2) is 11.5 Å². The molecule has 0 bridgehead atoms. The summed E-state index contributed by atoms with van der Waals surface area (Å²) >= 11 is 0. The van der Waals surface area contributed by atoms with E-state index >= 15 is 0 Å². The van der Waals surface area contributed by atoms with Crippen LogP contribution < -0.4 is 5.32 Å². The lowest BCUT2D eigenvalue weighted by molar-refractivity contribution is 0.101. The van der Waals surface area contributed by atoms with Gasteiger partial charge in [0.1, 0.15) is 5.76 Å². The minimum Gasteiger partial charge on any atom is -0.361 e. The van der Waals surface area contributed by atoms with Crippen LogP contribution >= 0.6 is 0 Å². The van der Waals surface area contributed by atoms with Crippen LogP contribution in [0.25, 0.3) is 0 Å². The van der Waals surface area contributed by atoms with E-state index in [1.165, 1.54) is 6.20 Å². The van der Waals surface area contributed by atoms with Crippen LogP contribution in [0, 0.1) is 6.92 Å². The largest absolute Gasteiger partial charge is 0.361 e. The van der Waals surface area contributed by atoms with Gasteiger partial charge in [-0.1, -0.05) is 12.1 Å². The lowest BCUT2D eigenvalue weighted by atomic mass is 10.2. The van der Waals surface area contributed by atoms with E-state index in [1.54, 1.807) is 19.2 Å². The maximum absolute atomic E-state index is 11.9. The van der Waals surface area contributed by atoms with E-state index in [0.29, 0.717) is 17.3 Å². The van der Waals surface area contributed by atoms with Gasteiger partial charge >= 0.3 is 0 Å². The first kappa shape index (κ1) is 12.2. The molecule has 6 heteroatoms. The molecule has 18 heavy (non-hydrogen) atoms. The molecule has 1 N–H and O–H groups in total. The van der Waals surface area contributed by atoms with Crippen molar-refractivity contribution in [2.24, 2.45) is 0 Å². The van der Waals surface area contributed by atoms with Crippen LogP contribution in [0.15, 0.2) is 23.0 Å². The normalized spacial score (nSPS) is 10.3. The van der Waals surface area contributed by atoms with Gasteiger partial charge in [0, 0.05) is 24.9 Å². The summed E-state index contributed by atoms with van der Waals surface area (Å²) in [6.07, 6.45) is 4.80. The Labute approximate surface area is 104 Å². The van der Waals surface area contributed by atoms with Gasteiger partial charge in [-0.25, -0.2) is 4.98 Å². The first-order valence-corrected chi connectivity index (χ1v) is 5.75. The van der Waals surface area contributed by atoms with E-state index < -0.39 is 0 Å². The molecule has 2 aromatic heterocycles. The Morgan fingerprint density at radius 1 is 1.39 bits per heavy atom. The highest BCUT2D eigenvalue weighted by Crippen LogP contribution is 2.10. The number of hydrogen-bond acceptors (Lipinski definition) is 5. The van der Waals surface area contributed by atoms with E-state index in [0.717, 1.165) is 12.8 Å². The lowest BCUT2D eigenvalue weighted by Gasteiger charge is -2.03. The first-order chi connectivity index (χ1) is 8.70. The van der Waals surface area contributed by atoms with Crippen molar-refractivity contribution in [3.63, 3.8) is 0 Å². The Kier molecular flexibility index (Phi) is 3.66. The molecule has 0 radical (unpaired) electrons. The highest BCUT2D eigenvalue weighted by atomic mass is 16.5. The average molecular weight is 246 g/mol. The topological polar surface area (TPSA) is 80.9 Å². The van der Waals surface area contributed by atoms with Crippen molar-refractivity contribution in [1.29, 1.82) is 0 Å². The van der Waals surface area contributed by atoms with E-state index in [1.807, 2.05) is 6.92 Å². The zero-order valence-corrected chi connectivity index (χ0v) is 10.3. The summed E-state index contributed by atoms with van der Waals surface area (Å²) < 4.78 is 5.05. The minimum atomic E-state index is -0.343. The number of carbonyl (C=O) groups is 1. The van der Waals surface area contributed by atoms with Crippen molar-refractivity contribution in [3.05, 3.63) is 35.6 Å². The number of carbonyl (C=O) groups excluding carboxylic acids is 1. The number of anilines is 1. The maximum atomic E-state index is 11.9. The van der Waals surface area contributed by atoms with Gasteiger partial charge in [-0.3, -0.25) is 9.78 Å². The van der Waals surface area contributed by atoms with Crippen molar-refractivity contribution < 1.29 is 9.32 Å². The quantitative estimate of drug-likeness (QED) is 0.892. The zero-order valence-electron chi connectivity index (χ0n) is 10.3. The molecule has 6 nitrogen and oxygen atoms in total. The van der Waals surface area contributed by atoms with Gasteiger partial charge in [-0.15, -0.1) is 0 Å². The summed E-state index contributed by atoms with van der Waals surface area (Å²) in [4.78, 5) is 20.0. The van der Waals surface area contributed by atoms with Gasteiger partial charge < -0.3 is 9.84 Å². The third-order valence-electron chi connectivity index (χ3n) is 2.40. The van der Waals surface area contributed by atoms with Gasteiger partial charge in [-0.05, 0) is 13.3 Å². The molecule has 2 heterocycles. The van der Waals surface area contributed by atoms with Crippen LogP contribution in [0.1, 0.15) is 35.3 Å². The van der Waals surface area contributed by atoms with E-state index in [-0.39, 0.29) is 11.6 Å². The van der Waals surface area contributed by atoms with Crippen molar-refractivity contribution in [3.8, 4) is 0 Å². The van der Waals surface area contributed by atoms with Crippen molar-refractivity contribution in [1.82, 2.24) is 15.1 Å². The first-order valence-electron chi connectivity index (χ1n) is 5.75. The second kappa shape index (κ2) is 5.39. The molecule has 0 saturated heterocycles. The number of amides is 1. The molecule has 0 aliphatic rings. The van der Waals surface area contributed by atoms with E-state index in [9.17, 15) is 4.79 Å². The van der Waals surface area contributed by atoms with Crippen LogP contribution in [0.3, 0.4) is 0 Å². The second-order valence-electron chi connectivity index (χ2n) is 3.87. The zero-order chi connectivity index (χ0) is 13.0. The third-order valence-corrected chi connectivity index (χ3v) is 2.40. The van der Waals surface area contributed by atoms with Crippen LogP contribution in [-0.4, -0.2) is 21.0 Å². The lowest BCUT2D eigenvalue weighted by Crippen LogP contribution is -2.14. The van der Waals surface area contributed by atoms with Gasteiger partial charge in [0.25, 0.3) is 5.91 Å². The molecule has 2 rings (SSSR count). The fraction of sp³-hybridized carbons (Fsp3) is 0.333. The Hall–Kier alpha value is -2.24. The predicted molar refractivity (Wildman–Crippen MR) is 65.2 cm³/mol. The Morgan fingerprint density at radius 3 is 2.89 bits per heavy atom. The molecule has 2 aromatic rings. The highest BCUT2D eigenvalue weighted by Gasteiger charge is 2.14. The maximum Gasteiger partial charge on any atom is 0.279 e. The fourth-order valence-electron chi connectivity index (χ4n) is 1.49. The smallest absolute Gasteiger partial charge is 0.279 e. The summed E-state index contributed by atoms with van der Waals surface area (Å²) in [5.41, 5.74) is 0.909.